The molecule has 0 amide bonds. The topological polar surface area (TPSA) is 0 Å². The molecule has 0 radical (unpaired) electrons. The molecule has 0 N–H and O–H groups in total. The molecule has 0 fully saturated rings. The Balaban J connectivity index is 0.000000168. The van der Waals surface area contributed by atoms with Crippen molar-refractivity contribution in [1.82, 2.24) is 0 Å². The van der Waals surface area contributed by atoms with E-state index in [1.165, 1.54) is 0 Å². The fourth-order valence-electron chi connectivity index (χ4n) is 0.642. The molecule has 0 aliphatic carbocycles. The van der Waals surface area contributed by atoms with Crippen LogP contribution in [0.5, 0.6) is 0 Å². The van der Waals surface area contributed by atoms with Crippen molar-refractivity contribution in [3.63, 3.8) is 0 Å². The van der Waals surface area contributed by atoms with Gasteiger partial charge in [0.05, 0.1) is 0 Å². The van der Waals surface area contributed by atoms with Gasteiger partial charge in [-0.05, 0) is 0 Å². The fraction of sp³-hybridized carbons (Fsp3) is 0. The molecular formula is C10H10FeS. The predicted octanol–water partition coefficient (Wildman–Crippen LogP) is 3.46. The van der Waals surface area contributed by atoms with Crippen molar-refractivity contribution < 1.29 is 14.4 Å². The summed E-state index contributed by atoms with van der Waals surface area (Å²) in [4.78, 5) is 0. The molecule has 0 atom stereocenters. The van der Waals surface area contributed by atoms with Crippen LogP contribution in [-0.2, 0) is 14.4 Å². The summed E-state index contributed by atoms with van der Waals surface area (Å²) in [6.45, 7) is 0. The second-order valence-electron chi connectivity index (χ2n) is 1.92. The summed E-state index contributed by atoms with van der Waals surface area (Å²) in [5.41, 5.74) is 0. The van der Waals surface area contributed by atoms with Crippen LogP contribution in [0.3, 0.4) is 0 Å². The van der Waals surface area contributed by atoms with Crippen LogP contribution in [0.4, 0.5) is 0 Å². The largest absolute Gasteiger partial charge is 0.214 e. The van der Waals surface area contributed by atoms with Crippen LogP contribution in [0.2, 0.25) is 0 Å². The average molecular weight is 218 g/mol. The molecule has 0 aliphatic heterocycles. The minimum atomic E-state index is 2.00. The van der Waals surface area contributed by atoms with Gasteiger partial charge in [0.1, 0.15) is 0 Å². The van der Waals surface area contributed by atoms with Crippen molar-refractivity contribution in [3.8, 4) is 0 Å². The molecule has 0 aromatic heterocycles. The SMILES string of the molecule is [S]=[Fe+2].c1cc[cH-]c1.c1cc[cH-]c1. The van der Waals surface area contributed by atoms with E-state index in [9.17, 15) is 0 Å². The molecule has 0 spiro atoms. The fourth-order valence-corrected chi connectivity index (χ4v) is 0.642. The summed E-state index contributed by atoms with van der Waals surface area (Å²) < 4.78 is 0. The molecule has 12 heavy (non-hydrogen) atoms. The van der Waals surface area contributed by atoms with E-state index in [0.29, 0.717) is 0 Å². The van der Waals surface area contributed by atoms with Gasteiger partial charge in [-0.1, -0.05) is 0 Å². The first kappa shape index (κ1) is 11.4. The summed E-state index contributed by atoms with van der Waals surface area (Å²) in [6.07, 6.45) is 0. The van der Waals surface area contributed by atoms with Crippen molar-refractivity contribution in [1.29, 1.82) is 0 Å². The van der Waals surface area contributed by atoms with Crippen LogP contribution in [0.15, 0.2) is 60.7 Å². The number of hydrogen-bond donors (Lipinski definition) is 0. The monoisotopic (exact) mass is 218 g/mol. The van der Waals surface area contributed by atoms with E-state index in [2.05, 4.69) is 24.9 Å². The van der Waals surface area contributed by atoms with Gasteiger partial charge in [-0.25, -0.2) is 24.3 Å². The van der Waals surface area contributed by atoms with Crippen LogP contribution in [0, 0.1) is 0 Å². The summed E-state index contributed by atoms with van der Waals surface area (Å²) in [5, 5.41) is 0. The summed E-state index contributed by atoms with van der Waals surface area (Å²) in [7, 11) is 3.83. The maximum atomic E-state index is 3.83. The second kappa shape index (κ2) is 10.4. The third-order valence-electron chi connectivity index (χ3n) is 1.11. The molecule has 2 aromatic rings. The molecule has 0 bridgehead atoms. The van der Waals surface area contributed by atoms with E-state index in [1.807, 2.05) is 60.7 Å². The quantitative estimate of drug-likeness (QED) is 0.482. The Morgan fingerprint density at radius 3 is 1.00 bits per heavy atom. The third-order valence-corrected chi connectivity index (χ3v) is 1.11. The maximum absolute atomic E-state index is 3.83. The zero-order chi connectivity index (χ0) is 9.07. The Labute approximate surface area is 85.6 Å². The standard InChI is InChI=1S/2C5H5.Fe.S/c2*1-2-4-5-3-1;;/h2*1-5H;;/q2*-1;+2;. The summed E-state index contributed by atoms with van der Waals surface area (Å²) in [5.74, 6) is 0. The van der Waals surface area contributed by atoms with E-state index >= 15 is 0 Å². The minimum absolute atomic E-state index is 2.00. The van der Waals surface area contributed by atoms with Gasteiger partial charge in [-0.3, -0.25) is 0 Å². The van der Waals surface area contributed by atoms with Crippen LogP contribution < -0.4 is 0 Å². The molecule has 64 valence electrons. The van der Waals surface area contributed by atoms with Crippen LogP contribution in [0.1, 0.15) is 0 Å². The van der Waals surface area contributed by atoms with Crippen molar-refractivity contribution in [3.05, 3.63) is 60.7 Å². The van der Waals surface area contributed by atoms with E-state index < -0.39 is 0 Å². The smallest absolute Gasteiger partial charge is 0.172 e. The van der Waals surface area contributed by atoms with Gasteiger partial charge in [0.25, 0.3) is 0 Å². The molecule has 2 rings (SSSR count). The number of rotatable bonds is 0. The second-order valence-corrected chi connectivity index (χ2v) is 1.92. The predicted molar refractivity (Wildman–Crippen MR) is 51.7 cm³/mol. The van der Waals surface area contributed by atoms with Gasteiger partial charge < -0.3 is 0 Å². The Morgan fingerprint density at radius 2 is 0.917 bits per heavy atom. The van der Waals surface area contributed by atoms with E-state index in [-0.39, 0.29) is 0 Å². The Bertz CT molecular complexity index is 161. The van der Waals surface area contributed by atoms with Gasteiger partial charge in [0, 0.05) is 0 Å². The Morgan fingerprint density at radius 1 is 0.667 bits per heavy atom. The van der Waals surface area contributed by atoms with Gasteiger partial charge in [-0.2, -0.15) is 36.4 Å². The molecule has 0 saturated carbocycles. The van der Waals surface area contributed by atoms with Crippen molar-refractivity contribution in [2.24, 2.45) is 0 Å². The molecular weight excluding hydrogens is 208 g/mol. The van der Waals surface area contributed by atoms with Crippen molar-refractivity contribution in [2.45, 2.75) is 0 Å². The zero-order valence-electron chi connectivity index (χ0n) is 6.54. The Kier molecular flexibility index (Phi) is 9.95. The first-order valence-electron chi connectivity index (χ1n) is 3.48. The van der Waals surface area contributed by atoms with Crippen LogP contribution >= 0.6 is 10.6 Å². The molecule has 0 unspecified atom stereocenters. The zero-order valence-corrected chi connectivity index (χ0v) is 8.46. The van der Waals surface area contributed by atoms with Crippen LogP contribution in [-0.4, -0.2) is 0 Å². The summed E-state index contributed by atoms with van der Waals surface area (Å²) in [6, 6.07) is 20.0. The average Bonchev–Trinajstić information content (AvgIpc) is 2.87. The first-order chi connectivity index (χ1) is 6.00. The van der Waals surface area contributed by atoms with Gasteiger partial charge in [-0.15, -0.1) is 0 Å². The molecule has 0 heterocycles. The van der Waals surface area contributed by atoms with E-state index in [4.69, 9.17) is 0 Å². The van der Waals surface area contributed by atoms with Crippen molar-refractivity contribution >= 4 is 10.6 Å². The molecule has 2 aromatic carbocycles. The normalized spacial score (nSPS) is 7.00. The first-order valence-corrected chi connectivity index (χ1v) is 5.12. The molecule has 0 saturated heterocycles. The van der Waals surface area contributed by atoms with E-state index in [0.717, 1.165) is 0 Å². The van der Waals surface area contributed by atoms with E-state index in [1.54, 1.807) is 0 Å². The van der Waals surface area contributed by atoms with Crippen molar-refractivity contribution in [2.75, 3.05) is 0 Å². The van der Waals surface area contributed by atoms with Gasteiger partial charge in [0.2, 0.25) is 0 Å². The van der Waals surface area contributed by atoms with Gasteiger partial charge in [0.15, 0.2) is 0 Å². The molecule has 0 aliphatic rings. The molecule has 0 nitrogen and oxygen atoms in total. The maximum Gasteiger partial charge on any atom is -0.172 e. The molecule has 2 heteroatoms. The third kappa shape index (κ3) is 7.55. The number of hydrogen-bond acceptors (Lipinski definition) is 1. The Hall–Kier alpha value is -0.561. The summed E-state index contributed by atoms with van der Waals surface area (Å²) >= 11 is 2.83. The van der Waals surface area contributed by atoms with Gasteiger partial charge >= 0.3 is 24.9 Å². The minimum Gasteiger partial charge on any atom is -0.214 e. The van der Waals surface area contributed by atoms with Crippen LogP contribution in [0.25, 0.3) is 0 Å².